The van der Waals surface area contributed by atoms with E-state index in [2.05, 4.69) is 0 Å². The van der Waals surface area contributed by atoms with Gasteiger partial charge in [-0.2, -0.15) is 0 Å². The Labute approximate surface area is 134 Å². The van der Waals surface area contributed by atoms with Gasteiger partial charge in [0, 0.05) is 5.56 Å². The summed E-state index contributed by atoms with van der Waals surface area (Å²) in [5.41, 5.74) is 1.12. The number of benzene rings is 1. The van der Waals surface area contributed by atoms with E-state index in [0.29, 0.717) is 5.56 Å². The molecule has 0 radical (unpaired) electrons. The van der Waals surface area contributed by atoms with Crippen molar-refractivity contribution in [3.63, 3.8) is 0 Å². The molecule has 0 aliphatic carbocycles. The summed E-state index contributed by atoms with van der Waals surface area (Å²) in [6.07, 6.45) is 0. The Morgan fingerprint density at radius 2 is 1.53 bits per heavy atom. The van der Waals surface area contributed by atoms with E-state index >= 15 is 0 Å². The molecule has 19 heavy (non-hydrogen) atoms. The first-order valence-corrected chi connectivity index (χ1v) is 6.06. The van der Waals surface area contributed by atoms with Crippen molar-refractivity contribution in [2.75, 3.05) is 0 Å². The molecule has 0 bridgehead atoms. The van der Waals surface area contributed by atoms with Gasteiger partial charge in [-0.15, -0.1) is 0 Å². The second-order valence-corrected chi connectivity index (χ2v) is 6.73. The molecular weight excluding hydrogens is 252 g/mol. The predicted octanol–water partition coefficient (Wildman–Crippen LogP) is 3.53. The number of rotatable bonds is 1. The van der Waals surface area contributed by atoms with Crippen LogP contribution in [0.25, 0.3) is 0 Å². The molecule has 0 heterocycles. The molecule has 0 amide bonds. The fourth-order valence-electron chi connectivity index (χ4n) is 1.80. The molecule has 0 aliphatic rings. The SMILES string of the molecule is CC(C)(C)c1cc(C(=O)O)c(O)c(C(C)(C)C)c1.[H-].[H-].[Mg+2]. The summed E-state index contributed by atoms with van der Waals surface area (Å²) in [5.74, 6) is -1.22. The van der Waals surface area contributed by atoms with Crippen molar-refractivity contribution in [1.82, 2.24) is 0 Å². The van der Waals surface area contributed by atoms with E-state index in [1.807, 2.05) is 47.6 Å². The van der Waals surface area contributed by atoms with Gasteiger partial charge in [0.1, 0.15) is 11.3 Å². The molecule has 0 saturated carbocycles. The predicted molar refractivity (Wildman–Crippen MR) is 80.4 cm³/mol. The molecule has 104 valence electrons. The van der Waals surface area contributed by atoms with Crippen molar-refractivity contribution in [2.24, 2.45) is 0 Å². The molecule has 0 aromatic heterocycles. The van der Waals surface area contributed by atoms with E-state index in [9.17, 15) is 15.0 Å². The average molecular weight is 277 g/mol. The molecule has 1 rings (SSSR count). The maximum Gasteiger partial charge on any atom is 2.00 e. The number of hydrogen-bond acceptors (Lipinski definition) is 2. The average Bonchev–Trinajstić information content (AvgIpc) is 2.13. The van der Waals surface area contributed by atoms with Crippen LogP contribution in [-0.4, -0.2) is 39.2 Å². The van der Waals surface area contributed by atoms with Crippen molar-refractivity contribution in [2.45, 2.75) is 52.4 Å². The zero-order valence-corrected chi connectivity index (χ0v) is 14.1. The Morgan fingerprint density at radius 3 is 1.84 bits per heavy atom. The van der Waals surface area contributed by atoms with Crippen LogP contribution in [0.1, 0.15) is 65.9 Å². The minimum Gasteiger partial charge on any atom is -1.00 e. The van der Waals surface area contributed by atoms with Crippen LogP contribution >= 0.6 is 0 Å². The van der Waals surface area contributed by atoms with Crippen LogP contribution < -0.4 is 0 Å². The number of carboxylic acids is 1. The van der Waals surface area contributed by atoms with Gasteiger partial charge in [-0.3, -0.25) is 0 Å². The fraction of sp³-hybridized carbons (Fsp3) is 0.533. The van der Waals surface area contributed by atoms with Gasteiger partial charge >= 0.3 is 29.0 Å². The monoisotopic (exact) mass is 276 g/mol. The molecular formula is C15H24MgO3. The number of phenols is 1. The quantitative estimate of drug-likeness (QED) is 0.772. The van der Waals surface area contributed by atoms with Gasteiger partial charge in [0.2, 0.25) is 0 Å². The van der Waals surface area contributed by atoms with Crippen molar-refractivity contribution in [3.8, 4) is 5.75 Å². The summed E-state index contributed by atoms with van der Waals surface area (Å²) in [6.45, 7) is 12.0. The molecule has 4 heteroatoms. The van der Waals surface area contributed by atoms with Crippen LogP contribution in [0.3, 0.4) is 0 Å². The molecule has 0 atom stereocenters. The third kappa shape index (κ3) is 4.11. The second kappa shape index (κ2) is 5.71. The van der Waals surface area contributed by atoms with Gasteiger partial charge in [-0.25, -0.2) is 4.79 Å². The number of carbonyl (C=O) groups is 1. The van der Waals surface area contributed by atoms with E-state index in [1.54, 1.807) is 6.07 Å². The van der Waals surface area contributed by atoms with Crippen molar-refractivity contribution >= 4 is 29.0 Å². The topological polar surface area (TPSA) is 57.5 Å². The molecule has 1 aromatic rings. The van der Waals surface area contributed by atoms with Crippen molar-refractivity contribution in [3.05, 3.63) is 28.8 Å². The van der Waals surface area contributed by atoms with Crippen molar-refractivity contribution < 1.29 is 17.9 Å². The van der Waals surface area contributed by atoms with Gasteiger partial charge in [0.25, 0.3) is 0 Å². The maximum atomic E-state index is 11.2. The van der Waals surface area contributed by atoms with Crippen LogP contribution in [0, 0.1) is 0 Å². The minimum absolute atomic E-state index is 0. The number of carboxylic acid groups (broad SMARTS) is 1. The van der Waals surface area contributed by atoms with E-state index in [1.165, 1.54) is 0 Å². The summed E-state index contributed by atoms with van der Waals surface area (Å²) in [5, 5.41) is 19.3. The standard InChI is InChI=1S/C15H22O3.Mg.2H/c1-14(2,3)9-7-10(13(17)18)12(16)11(8-9)15(4,5)6;;;/h7-8,16H,1-6H3,(H,17,18);;;/q;+2;2*-1. The zero-order valence-electron chi connectivity index (χ0n) is 14.7. The Balaban J connectivity index is -0.00000108. The zero-order chi connectivity index (χ0) is 14.3. The second-order valence-electron chi connectivity index (χ2n) is 6.73. The van der Waals surface area contributed by atoms with Crippen LogP contribution in [0.4, 0.5) is 0 Å². The molecule has 3 nitrogen and oxygen atoms in total. The number of hydrogen-bond donors (Lipinski definition) is 2. The number of aromatic hydroxyl groups is 1. The van der Waals surface area contributed by atoms with Gasteiger partial charge in [0.05, 0.1) is 0 Å². The van der Waals surface area contributed by atoms with E-state index < -0.39 is 5.97 Å². The van der Waals surface area contributed by atoms with Gasteiger partial charge < -0.3 is 13.1 Å². The molecule has 0 fully saturated rings. The summed E-state index contributed by atoms with van der Waals surface area (Å²) in [7, 11) is 0. The molecule has 0 saturated heterocycles. The van der Waals surface area contributed by atoms with Crippen molar-refractivity contribution in [1.29, 1.82) is 0 Å². The maximum absolute atomic E-state index is 11.2. The molecule has 1 aromatic carbocycles. The van der Waals surface area contributed by atoms with Crippen LogP contribution in [0.5, 0.6) is 5.75 Å². The fourth-order valence-corrected chi connectivity index (χ4v) is 1.80. The van der Waals surface area contributed by atoms with Crippen LogP contribution in [0.2, 0.25) is 0 Å². The first-order valence-electron chi connectivity index (χ1n) is 6.06. The Morgan fingerprint density at radius 1 is 1.05 bits per heavy atom. The van der Waals surface area contributed by atoms with Gasteiger partial charge in [-0.1, -0.05) is 47.6 Å². The summed E-state index contributed by atoms with van der Waals surface area (Å²) >= 11 is 0. The summed E-state index contributed by atoms with van der Waals surface area (Å²) in [4.78, 5) is 11.2. The van der Waals surface area contributed by atoms with Gasteiger partial charge in [-0.05, 0) is 22.5 Å². The first kappa shape index (κ1) is 18.3. The smallest absolute Gasteiger partial charge is 1.00 e. The first-order chi connectivity index (χ1) is 7.94. The van der Waals surface area contributed by atoms with Crippen LogP contribution in [-0.2, 0) is 10.8 Å². The molecule has 0 aliphatic heterocycles. The van der Waals surface area contributed by atoms with E-state index in [0.717, 1.165) is 5.56 Å². The largest absolute Gasteiger partial charge is 2.00 e. The third-order valence-electron chi connectivity index (χ3n) is 3.01. The number of aromatic carboxylic acids is 1. The normalized spacial score (nSPS) is 11.9. The molecule has 0 spiro atoms. The summed E-state index contributed by atoms with van der Waals surface area (Å²) < 4.78 is 0. The molecule has 0 unspecified atom stereocenters. The van der Waals surface area contributed by atoms with E-state index in [4.69, 9.17) is 0 Å². The third-order valence-corrected chi connectivity index (χ3v) is 3.01. The Bertz CT molecular complexity index is 489. The Kier molecular flexibility index (Phi) is 5.49. The molecule has 2 N–H and O–H groups in total. The Hall–Kier alpha value is -0.744. The van der Waals surface area contributed by atoms with Crippen LogP contribution in [0.15, 0.2) is 12.1 Å². The van der Waals surface area contributed by atoms with E-state index in [-0.39, 0.29) is 48.0 Å². The van der Waals surface area contributed by atoms with Gasteiger partial charge in [0.15, 0.2) is 0 Å². The minimum atomic E-state index is -1.09. The summed E-state index contributed by atoms with van der Waals surface area (Å²) in [6, 6.07) is 3.47.